The molecule has 0 bridgehead atoms. The van der Waals surface area contributed by atoms with Crippen molar-refractivity contribution in [2.24, 2.45) is 0 Å². The maximum Gasteiger partial charge on any atom is 0.338 e. The zero-order valence-electron chi connectivity index (χ0n) is 20.5. The molecule has 8 nitrogen and oxygen atoms in total. The van der Waals surface area contributed by atoms with Gasteiger partial charge in [0.05, 0.1) is 18.2 Å². The summed E-state index contributed by atoms with van der Waals surface area (Å²) in [5.74, 6) is -1.26. The smallest absolute Gasteiger partial charge is 0.338 e. The van der Waals surface area contributed by atoms with Crippen molar-refractivity contribution in [2.45, 2.75) is 13.0 Å². The van der Waals surface area contributed by atoms with Crippen molar-refractivity contribution in [3.05, 3.63) is 80.7 Å². The number of halogens is 3. The zero-order chi connectivity index (χ0) is 26.7. The van der Waals surface area contributed by atoms with E-state index in [-0.39, 0.29) is 30.7 Å². The molecule has 2 aliphatic rings. The van der Waals surface area contributed by atoms with Gasteiger partial charge in [0.1, 0.15) is 5.82 Å². The number of nitrogens with zero attached hydrogens (tertiary/aromatic N) is 3. The second-order valence-electron chi connectivity index (χ2n) is 8.77. The maximum atomic E-state index is 13.6. The van der Waals surface area contributed by atoms with Crippen molar-refractivity contribution in [2.75, 3.05) is 46.4 Å². The van der Waals surface area contributed by atoms with Gasteiger partial charge in [0.25, 0.3) is 5.91 Å². The summed E-state index contributed by atoms with van der Waals surface area (Å²) in [6, 6.07) is 9.28. The van der Waals surface area contributed by atoms with Crippen molar-refractivity contribution >= 4 is 41.1 Å². The highest BCUT2D eigenvalue weighted by Gasteiger charge is 2.38. The van der Waals surface area contributed by atoms with Gasteiger partial charge < -0.3 is 15.0 Å². The molecule has 1 unspecified atom stereocenters. The molecule has 1 saturated heterocycles. The van der Waals surface area contributed by atoms with Crippen LogP contribution in [0.15, 0.2) is 53.7 Å². The Kier molecular flexibility index (Phi) is 8.36. The van der Waals surface area contributed by atoms with E-state index in [1.165, 1.54) is 23.1 Å². The van der Waals surface area contributed by atoms with Crippen LogP contribution in [0.3, 0.4) is 0 Å². The van der Waals surface area contributed by atoms with E-state index in [1.807, 2.05) is 0 Å². The van der Waals surface area contributed by atoms with Crippen LogP contribution in [0, 0.1) is 5.82 Å². The predicted molar refractivity (Wildman–Crippen MR) is 138 cm³/mol. The van der Waals surface area contributed by atoms with Crippen LogP contribution in [0.4, 0.5) is 9.18 Å². The second kappa shape index (κ2) is 11.5. The number of ether oxygens (including phenoxy) is 1. The summed E-state index contributed by atoms with van der Waals surface area (Å²) >= 11 is 12.5. The lowest BCUT2D eigenvalue weighted by molar-refractivity contribution is -0.139. The third-order valence-electron chi connectivity index (χ3n) is 6.45. The van der Waals surface area contributed by atoms with Crippen LogP contribution in [-0.4, -0.2) is 79.0 Å². The summed E-state index contributed by atoms with van der Waals surface area (Å²) in [5, 5.41) is 3.59. The van der Waals surface area contributed by atoms with E-state index in [2.05, 4.69) is 10.2 Å². The fourth-order valence-electron chi connectivity index (χ4n) is 4.49. The van der Waals surface area contributed by atoms with Gasteiger partial charge in [0, 0.05) is 61.1 Å². The van der Waals surface area contributed by atoms with Crippen LogP contribution in [-0.2, 0) is 9.53 Å². The van der Waals surface area contributed by atoms with E-state index in [0.717, 1.165) is 0 Å². The van der Waals surface area contributed by atoms with Gasteiger partial charge in [-0.1, -0.05) is 35.3 Å². The number of hydrogen-bond acceptors (Lipinski definition) is 5. The van der Waals surface area contributed by atoms with E-state index in [1.54, 1.807) is 43.1 Å². The number of nitrogens with one attached hydrogen (secondary N) is 1. The van der Waals surface area contributed by atoms with Crippen molar-refractivity contribution in [1.29, 1.82) is 0 Å². The highest BCUT2D eigenvalue weighted by atomic mass is 35.5. The van der Waals surface area contributed by atoms with E-state index in [4.69, 9.17) is 27.9 Å². The summed E-state index contributed by atoms with van der Waals surface area (Å²) in [6.45, 7) is 3.99. The van der Waals surface area contributed by atoms with Crippen LogP contribution in [0.5, 0.6) is 0 Å². The van der Waals surface area contributed by atoms with Gasteiger partial charge in [-0.15, -0.1) is 0 Å². The van der Waals surface area contributed by atoms with E-state index in [9.17, 15) is 18.8 Å². The molecule has 37 heavy (non-hydrogen) atoms. The van der Waals surface area contributed by atoms with Gasteiger partial charge in [0.2, 0.25) is 0 Å². The Morgan fingerprint density at radius 2 is 1.84 bits per heavy atom. The summed E-state index contributed by atoms with van der Waals surface area (Å²) in [6.07, 6.45) is 0. The minimum Gasteiger partial charge on any atom is -0.463 e. The number of urea groups is 1. The first-order valence-corrected chi connectivity index (χ1v) is 12.6. The molecule has 0 saturated carbocycles. The highest BCUT2D eigenvalue weighted by molar-refractivity contribution is 6.35. The molecular weight excluding hydrogens is 522 g/mol. The van der Waals surface area contributed by atoms with Crippen LogP contribution in [0.1, 0.15) is 28.9 Å². The second-order valence-corrected chi connectivity index (χ2v) is 9.61. The lowest BCUT2D eigenvalue weighted by atomic mass is 9.94. The third kappa shape index (κ3) is 5.89. The fraction of sp³-hybridized carbons (Fsp3) is 0.346. The summed E-state index contributed by atoms with van der Waals surface area (Å²) < 4.78 is 18.9. The number of piperazine rings is 1. The first-order valence-electron chi connectivity index (χ1n) is 11.9. The molecule has 196 valence electrons. The number of carbonyl (C=O) groups excluding carboxylic acids is 3. The molecule has 2 aromatic carbocycles. The topological polar surface area (TPSA) is 82.2 Å². The minimum absolute atomic E-state index is 0.162. The van der Waals surface area contributed by atoms with Crippen molar-refractivity contribution in [3.63, 3.8) is 0 Å². The largest absolute Gasteiger partial charge is 0.463 e. The molecule has 1 N–H and O–H groups in total. The average Bonchev–Trinajstić information content (AvgIpc) is 2.87. The van der Waals surface area contributed by atoms with Crippen molar-refractivity contribution in [3.8, 4) is 0 Å². The van der Waals surface area contributed by atoms with Crippen LogP contribution >= 0.6 is 23.2 Å². The molecule has 0 spiro atoms. The molecule has 0 radical (unpaired) electrons. The van der Waals surface area contributed by atoms with Gasteiger partial charge in [-0.05, 0) is 42.8 Å². The lowest BCUT2D eigenvalue weighted by Crippen LogP contribution is -2.53. The Hall–Kier alpha value is -3.14. The molecule has 1 fully saturated rings. The molecule has 0 aromatic heterocycles. The number of esters is 1. The third-order valence-corrected chi connectivity index (χ3v) is 7.01. The van der Waals surface area contributed by atoms with Gasteiger partial charge in [-0.2, -0.15) is 0 Å². The number of carbonyl (C=O) groups is 3. The number of hydrogen-bond donors (Lipinski definition) is 1. The molecule has 3 amide bonds. The molecular formula is C26H27Cl2FN4O4. The van der Waals surface area contributed by atoms with Gasteiger partial charge in [0.15, 0.2) is 0 Å². The van der Waals surface area contributed by atoms with Gasteiger partial charge in [-0.3, -0.25) is 14.6 Å². The number of rotatable bonds is 6. The lowest BCUT2D eigenvalue weighted by Gasteiger charge is -2.39. The number of benzene rings is 2. The maximum absolute atomic E-state index is 13.6. The average molecular weight is 549 g/mol. The molecule has 2 aromatic rings. The summed E-state index contributed by atoms with van der Waals surface area (Å²) in [7, 11) is 1.59. The summed E-state index contributed by atoms with van der Waals surface area (Å²) in [4.78, 5) is 44.0. The predicted octanol–water partition coefficient (Wildman–Crippen LogP) is 4.10. The number of likely N-dealkylation sites (N-methyl/N-ethyl adjacent to an activating group) is 1. The van der Waals surface area contributed by atoms with Gasteiger partial charge >= 0.3 is 12.0 Å². The zero-order valence-corrected chi connectivity index (χ0v) is 22.0. The van der Waals surface area contributed by atoms with Crippen LogP contribution in [0.2, 0.25) is 10.0 Å². The van der Waals surface area contributed by atoms with Gasteiger partial charge in [-0.25, -0.2) is 14.0 Å². The molecule has 2 heterocycles. The Labute approximate surface area is 224 Å². The SMILES string of the molecule is CCOC(=O)C1=C(CN2CCN(C(=O)c3cccc(F)c3)CC2)N(C)C(=O)NC1c1ccc(Cl)cc1Cl. The Balaban J connectivity index is 1.59. The first-order chi connectivity index (χ1) is 17.7. The monoisotopic (exact) mass is 548 g/mol. The molecule has 0 aliphatic carbocycles. The highest BCUT2D eigenvalue weighted by Crippen LogP contribution is 2.36. The number of amides is 3. The normalized spacial score (nSPS) is 18.6. The molecule has 2 aliphatic heterocycles. The van der Waals surface area contributed by atoms with Crippen LogP contribution < -0.4 is 5.32 Å². The fourth-order valence-corrected chi connectivity index (χ4v) is 5.01. The van der Waals surface area contributed by atoms with E-state index < -0.39 is 17.8 Å². The molecule has 1 atom stereocenters. The molecule has 4 rings (SSSR count). The Morgan fingerprint density at radius 1 is 1.11 bits per heavy atom. The standard InChI is InChI=1S/C26H27Cl2FN4O4/c1-3-37-25(35)22-21(31(2)26(36)30-23(22)19-8-7-17(27)14-20(19)28)15-32-9-11-33(12-10-32)24(34)16-5-4-6-18(29)13-16/h4-8,13-14,23H,3,9-12,15H2,1-2H3,(H,30,36). The Morgan fingerprint density at radius 3 is 2.49 bits per heavy atom. The first kappa shape index (κ1) is 26.9. The van der Waals surface area contributed by atoms with Crippen molar-refractivity contribution < 1.29 is 23.5 Å². The van der Waals surface area contributed by atoms with Crippen LogP contribution in [0.25, 0.3) is 0 Å². The minimum atomic E-state index is -0.821. The van der Waals surface area contributed by atoms with Crippen molar-refractivity contribution in [1.82, 2.24) is 20.0 Å². The van der Waals surface area contributed by atoms with E-state index >= 15 is 0 Å². The molecule has 11 heteroatoms. The Bertz CT molecular complexity index is 1250. The van der Waals surface area contributed by atoms with E-state index in [0.29, 0.717) is 53.0 Å². The summed E-state index contributed by atoms with van der Waals surface area (Å²) in [5.41, 5.74) is 1.60. The quantitative estimate of drug-likeness (QED) is 0.549.